The highest BCUT2D eigenvalue weighted by atomic mass is 31.1. The summed E-state index contributed by atoms with van der Waals surface area (Å²) in [7, 11) is 0.990. The zero-order valence-corrected chi connectivity index (χ0v) is 10.3. The van der Waals surface area contributed by atoms with Gasteiger partial charge in [-0.2, -0.15) is 0 Å². The van der Waals surface area contributed by atoms with Gasteiger partial charge in [-0.1, -0.05) is 72.0 Å². The monoisotopic (exact) mass is 208 g/mol. The van der Waals surface area contributed by atoms with E-state index in [1.807, 2.05) is 0 Å². The van der Waals surface area contributed by atoms with Gasteiger partial charge in [-0.25, -0.2) is 0 Å². The molecule has 1 aromatic rings. The van der Waals surface area contributed by atoms with E-state index in [0.29, 0.717) is 0 Å². The van der Waals surface area contributed by atoms with Crippen LogP contribution in [0.3, 0.4) is 0 Å². The van der Waals surface area contributed by atoms with Crippen LogP contribution in [0.5, 0.6) is 0 Å². The van der Waals surface area contributed by atoms with Gasteiger partial charge in [-0.3, -0.25) is 0 Å². The standard InChI is InChI=1S/C13H21P/c1-3-4-6-9-12(2)14-13-10-7-5-8-11-13/h5,7-8,10-12,14H,3-4,6,9H2,1-2H3. The Bertz CT molecular complexity index is 230. The zero-order chi connectivity index (χ0) is 10.2. The molecular formula is C13H21P. The summed E-state index contributed by atoms with van der Waals surface area (Å²) in [6.07, 6.45) is 5.52. The van der Waals surface area contributed by atoms with E-state index < -0.39 is 0 Å². The van der Waals surface area contributed by atoms with Gasteiger partial charge in [0.2, 0.25) is 0 Å². The molecule has 14 heavy (non-hydrogen) atoms. The van der Waals surface area contributed by atoms with Crippen molar-refractivity contribution in [1.29, 1.82) is 0 Å². The normalized spacial score (nSPS) is 13.6. The summed E-state index contributed by atoms with van der Waals surface area (Å²) in [6, 6.07) is 10.9. The lowest BCUT2D eigenvalue weighted by molar-refractivity contribution is 0.663. The molecule has 0 aliphatic heterocycles. The van der Waals surface area contributed by atoms with Gasteiger partial charge in [0.1, 0.15) is 0 Å². The van der Waals surface area contributed by atoms with Crippen LogP contribution in [-0.2, 0) is 0 Å². The third-order valence-corrected chi connectivity index (χ3v) is 3.88. The summed E-state index contributed by atoms with van der Waals surface area (Å²) in [5, 5.41) is 1.51. The first-order valence-corrected chi connectivity index (χ1v) is 6.72. The summed E-state index contributed by atoms with van der Waals surface area (Å²) < 4.78 is 0. The van der Waals surface area contributed by atoms with Crippen LogP contribution in [0.1, 0.15) is 39.5 Å². The van der Waals surface area contributed by atoms with Gasteiger partial charge < -0.3 is 0 Å². The summed E-state index contributed by atoms with van der Waals surface area (Å²) in [4.78, 5) is 0. The third-order valence-electron chi connectivity index (χ3n) is 2.43. The summed E-state index contributed by atoms with van der Waals surface area (Å²) in [6.45, 7) is 4.64. The van der Waals surface area contributed by atoms with Crippen LogP contribution >= 0.6 is 8.58 Å². The van der Waals surface area contributed by atoms with E-state index in [2.05, 4.69) is 44.2 Å². The first kappa shape index (κ1) is 11.7. The molecule has 0 spiro atoms. The number of hydrogen-bond donors (Lipinski definition) is 0. The molecule has 2 atom stereocenters. The Morgan fingerprint density at radius 2 is 1.86 bits per heavy atom. The highest BCUT2D eigenvalue weighted by Crippen LogP contribution is 2.22. The summed E-state index contributed by atoms with van der Waals surface area (Å²) >= 11 is 0. The molecule has 0 aromatic heterocycles. The van der Waals surface area contributed by atoms with Crippen LogP contribution in [-0.4, -0.2) is 5.66 Å². The lowest BCUT2D eigenvalue weighted by Gasteiger charge is -2.10. The predicted molar refractivity (Wildman–Crippen MR) is 68.0 cm³/mol. The molecule has 0 aliphatic carbocycles. The van der Waals surface area contributed by atoms with Crippen molar-refractivity contribution in [2.45, 2.75) is 45.2 Å². The van der Waals surface area contributed by atoms with E-state index in [1.165, 1.54) is 31.0 Å². The first-order valence-electron chi connectivity index (χ1n) is 5.64. The van der Waals surface area contributed by atoms with Crippen molar-refractivity contribution < 1.29 is 0 Å². The molecule has 1 rings (SSSR count). The Labute approximate surface area is 89.9 Å². The third kappa shape index (κ3) is 4.77. The van der Waals surface area contributed by atoms with Crippen LogP contribution in [0.4, 0.5) is 0 Å². The van der Waals surface area contributed by atoms with Gasteiger partial charge >= 0.3 is 0 Å². The van der Waals surface area contributed by atoms with Gasteiger partial charge in [0.15, 0.2) is 0 Å². The van der Waals surface area contributed by atoms with Crippen LogP contribution in [0.25, 0.3) is 0 Å². The van der Waals surface area contributed by atoms with E-state index in [4.69, 9.17) is 0 Å². The number of unbranched alkanes of at least 4 members (excludes halogenated alkanes) is 2. The molecule has 0 heterocycles. The highest BCUT2D eigenvalue weighted by molar-refractivity contribution is 7.47. The fourth-order valence-electron chi connectivity index (χ4n) is 1.59. The summed E-state index contributed by atoms with van der Waals surface area (Å²) in [5.41, 5.74) is 0.865. The molecule has 0 fully saturated rings. The number of rotatable bonds is 6. The fourth-order valence-corrected chi connectivity index (χ4v) is 2.89. The lowest BCUT2D eigenvalue weighted by atomic mass is 10.2. The van der Waals surface area contributed by atoms with Crippen molar-refractivity contribution in [2.75, 3.05) is 0 Å². The summed E-state index contributed by atoms with van der Waals surface area (Å²) in [5.74, 6) is 0. The molecule has 2 unspecified atom stereocenters. The second kappa shape index (κ2) is 7.01. The second-order valence-corrected chi connectivity index (χ2v) is 5.76. The number of hydrogen-bond acceptors (Lipinski definition) is 0. The van der Waals surface area contributed by atoms with Gasteiger partial charge in [0.25, 0.3) is 0 Å². The minimum Gasteiger partial charge on any atom is -0.0875 e. The maximum absolute atomic E-state index is 2.38. The maximum Gasteiger partial charge on any atom is -0.0225 e. The van der Waals surface area contributed by atoms with Crippen molar-refractivity contribution in [3.05, 3.63) is 30.3 Å². The Balaban J connectivity index is 2.23. The van der Waals surface area contributed by atoms with Crippen LogP contribution in [0.2, 0.25) is 0 Å². The average molecular weight is 208 g/mol. The molecule has 1 heteroatoms. The molecule has 0 nitrogen and oxygen atoms in total. The topological polar surface area (TPSA) is 0 Å². The average Bonchev–Trinajstić information content (AvgIpc) is 2.20. The lowest BCUT2D eigenvalue weighted by Crippen LogP contribution is -2.01. The van der Waals surface area contributed by atoms with E-state index >= 15 is 0 Å². The van der Waals surface area contributed by atoms with E-state index in [-0.39, 0.29) is 0 Å². The molecule has 0 N–H and O–H groups in total. The minimum atomic E-state index is 0.865. The van der Waals surface area contributed by atoms with E-state index in [0.717, 1.165) is 14.2 Å². The van der Waals surface area contributed by atoms with Crippen LogP contribution in [0.15, 0.2) is 30.3 Å². The molecule has 78 valence electrons. The SMILES string of the molecule is CCCCCC(C)Pc1ccccc1. The van der Waals surface area contributed by atoms with E-state index in [1.54, 1.807) is 0 Å². The molecule has 1 aromatic carbocycles. The molecule has 0 radical (unpaired) electrons. The maximum atomic E-state index is 2.38. The van der Waals surface area contributed by atoms with Crippen molar-refractivity contribution in [3.63, 3.8) is 0 Å². The fraction of sp³-hybridized carbons (Fsp3) is 0.538. The van der Waals surface area contributed by atoms with Gasteiger partial charge in [0.05, 0.1) is 0 Å². The Kier molecular flexibility index (Phi) is 5.87. The predicted octanol–water partition coefficient (Wildman–Crippen LogP) is 3.96. The van der Waals surface area contributed by atoms with Crippen molar-refractivity contribution in [2.24, 2.45) is 0 Å². The quantitative estimate of drug-likeness (QED) is 0.490. The van der Waals surface area contributed by atoms with Crippen LogP contribution < -0.4 is 5.30 Å². The van der Waals surface area contributed by atoms with Gasteiger partial charge in [-0.05, 0) is 17.4 Å². The Morgan fingerprint density at radius 1 is 1.14 bits per heavy atom. The molecule has 0 bridgehead atoms. The highest BCUT2D eigenvalue weighted by Gasteiger charge is 2.02. The molecule has 0 aliphatic rings. The first-order chi connectivity index (χ1) is 6.83. The second-order valence-electron chi connectivity index (χ2n) is 3.91. The van der Waals surface area contributed by atoms with Gasteiger partial charge in [0, 0.05) is 0 Å². The zero-order valence-electron chi connectivity index (χ0n) is 9.29. The van der Waals surface area contributed by atoms with Crippen LogP contribution in [0, 0.1) is 0 Å². The number of benzene rings is 1. The van der Waals surface area contributed by atoms with Crippen molar-refractivity contribution in [3.8, 4) is 0 Å². The smallest absolute Gasteiger partial charge is 0.0225 e. The van der Waals surface area contributed by atoms with Crippen molar-refractivity contribution >= 4 is 13.9 Å². The van der Waals surface area contributed by atoms with Crippen molar-refractivity contribution in [1.82, 2.24) is 0 Å². The van der Waals surface area contributed by atoms with E-state index in [9.17, 15) is 0 Å². The largest absolute Gasteiger partial charge is 0.0875 e. The molecular weight excluding hydrogens is 187 g/mol. The minimum absolute atomic E-state index is 0.865. The molecule has 0 saturated heterocycles. The Hall–Kier alpha value is -0.350. The molecule has 0 amide bonds. The van der Waals surface area contributed by atoms with Gasteiger partial charge in [-0.15, -0.1) is 0 Å². The Morgan fingerprint density at radius 3 is 2.50 bits per heavy atom. The molecule has 0 saturated carbocycles.